The Bertz CT molecular complexity index is 372. The van der Waals surface area contributed by atoms with Gasteiger partial charge in [0, 0.05) is 30.3 Å². The first-order chi connectivity index (χ1) is 7.39. The van der Waals surface area contributed by atoms with Gasteiger partial charge in [-0.15, -0.1) is 0 Å². The Hall–Kier alpha value is -1.65. The molecule has 0 aliphatic rings. The van der Waals surface area contributed by atoms with Crippen molar-refractivity contribution in [2.75, 3.05) is 6.54 Å². The smallest absolute Gasteiger partial charge is 0.314 e. The highest BCUT2D eigenvalue weighted by atomic mass is 16.3. The van der Waals surface area contributed by atoms with Crippen molar-refractivity contribution in [1.29, 1.82) is 0 Å². The van der Waals surface area contributed by atoms with Gasteiger partial charge < -0.3 is 10.4 Å². The Balaban J connectivity index is 2.39. The van der Waals surface area contributed by atoms with Crippen molar-refractivity contribution in [3.63, 3.8) is 0 Å². The van der Waals surface area contributed by atoms with Gasteiger partial charge in [-0.1, -0.05) is 20.8 Å². The van der Waals surface area contributed by atoms with Crippen molar-refractivity contribution in [2.45, 2.75) is 27.2 Å². The number of carbonyl (C=O) groups excluding carboxylic acids is 1. The van der Waals surface area contributed by atoms with Crippen LogP contribution in [0.3, 0.4) is 0 Å². The predicted octanol–water partition coefficient (Wildman–Crippen LogP) is 0.887. The SMILES string of the molecule is CC(C)(C)C(=O)NCCc1ccnc(O)n1. The molecule has 5 nitrogen and oxygen atoms in total. The molecule has 88 valence electrons. The lowest BCUT2D eigenvalue weighted by Gasteiger charge is -2.17. The summed E-state index contributed by atoms with van der Waals surface area (Å²) in [4.78, 5) is 18.9. The topological polar surface area (TPSA) is 75.1 Å². The number of aromatic nitrogens is 2. The van der Waals surface area contributed by atoms with E-state index in [1.54, 1.807) is 6.07 Å². The average Bonchev–Trinajstić information content (AvgIpc) is 2.16. The van der Waals surface area contributed by atoms with Gasteiger partial charge in [0.2, 0.25) is 5.91 Å². The molecule has 5 heteroatoms. The van der Waals surface area contributed by atoms with Gasteiger partial charge in [0.15, 0.2) is 0 Å². The zero-order valence-corrected chi connectivity index (χ0v) is 9.82. The third kappa shape index (κ3) is 3.84. The molecule has 16 heavy (non-hydrogen) atoms. The number of nitrogens with one attached hydrogen (secondary N) is 1. The minimum atomic E-state index is -0.381. The first-order valence-electron chi connectivity index (χ1n) is 5.19. The lowest BCUT2D eigenvalue weighted by Crippen LogP contribution is -2.36. The molecule has 1 aromatic rings. The van der Waals surface area contributed by atoms with E-state index in [-0.39, 0.29) is 17.3 Å². The summed E-state index contributed by atoms with van der Waals surface area (Å²) in [7, 11) is 0. The van der Waals surface area contributed by atoms with Crippen molar-refractivity contribution in [1.82, 2.24) is 15.3 Å². The zero-order valence-electron chi connectivity index (χ0n) is 9.82. The molecule has 1 rings (SSSR count). The van der Waals surface area contributed by atoms with Crippen LogP contribution in [0, 0.1) is 5.41 Å². The molecule has 0 atom stereocenters. The third-order valence-electron chi connectivity index (χ3n) is 2.05. The average molecular weight is 223 g/mol. The van der Waals surface area contributed by atoms with E-state index in [0.717, 1.165) is 0 Å². The van der Waals surface area contributed by atoms with Gasteiger partial charge in [-0.3, -0.25) is 4.79 Å². The van der Waals surface area contributed by atoms with Crippen LogP contribution >= 0.6 is 0 Å². The van der Waals surface area contributed by atoms with Gasteiger partial charge >= 0.3 is 6.01 Å². The highest BCUT2D eigenvalue weighted by molar-refractivity contribution is 5.81. The molecule has 0 radical (unpaired) electrons. The summed E-state index contributed by atoms with van der Waals surface area (Å²) in [6.07, 6.45) is 2.07. The monoisotopic (exact) mass is 223 g/mol. The number of carbonyl (C=O) groups is 1. The highest BCUT2D eigenvalue weighted by Crippen LogP contribution is 2.12. The first-order valence-corrected chi connectivity index (χ1v) is 5.19. The Morgan fingerprint density at radius 2 is 2.19 bits per heavy atom. The molecule has 1 aromatic heterocycles. The van der Waals surface area contributed by atoms with Crippen LogP contribution in [-0.4, -0.2) is 27.5 Å². The van der Waals surface area contributed by atoms with Crippen LogP contribution in [0.4, 0.5) is 0 Å². The highest BCUT2D eigenvalue weighted by Gasteiger charge is 2.20. The molecular weight excluding hydrogens is 206 g/mol. The second-order valence-corrected chi connectivity index (χ2v) is 4.60. The molecule has 0 saturated heterocycles. The van der Waals surface area contributed by atoms with Crippen molar-refractivity contribution >= 4 is 5.91 Å². The molecule has 0 unspecified atom stereocenters. The van der Waals surface area contributed by atoms with Crippen LogP contribution in [-0.2, 0) is 11.2 Å². The standard InChI is InChI=1S/C11H17N3O2/c1-11(2,3)9(15)12-6-4-8-5-7-13-10(16)14-8/h5,7H,4,6H2,1-3H3,(H,12,15)(H,13,14,16). The van der Waals surface area contributed by atoms with E-state index in [9.17, 15) is 4.79 Å². The summed E-state index contributed by atoms with van der Waals surface area (Å²) < 4.78 is 0. The van der Waals surface area contributed by atoms with E-state index in [1.165, 1.54) is 6.20 Å². The predicted molar refractivity (Wildman–Crippen MR) is 59.9 cm³/mol. The van der Waals surface area contributed by atoms with Gasteiger partial charge in [0.25, 0.3) is 0 Å². The Morgan fingerprint density at radius 1 is 1.50 bits per heavy atom. The van der Waals surface area contributed by atoms with Crippen molar-refractivity contribution < 1.29 is 9.90 Å². The molecule has 0 aliphatic carbocycles. The first kappa shape index (κ1) is 12.4. The maximum Gasteiger partial charge on any atom is 0.314 e. The molecule has 0 spiro atoms. The third-order valence-corrected chi connectivity index (χ3v) is 2.05. The fourth-order valence-electron chi connectivity index (χ4n) is 1.09. The van der Waals surface area contributed by atoms with Gasteiger partial charge in [-0.2, -0.15) is 0 Å². The summed E-state index contributed by atoms with van der Waals surface area (Å²) in [5.74, 6) is 0.00535. The summed E-state index contributed by atoms with van der Waals surface area (Å²) in [6.45, 7) is 6.09. The zero-order chi connectivity index (χ0) is 12.2. The van der Waals surface area contributed by atoms with Crippen LogP contribution in [0.15, 0.2) is 12.3 Å². The largest absolute Gasteiger partial charge is 0.479 e. The van der Waals surface area contributed by atoms with Crippen molar-refractivity contribution in [3.05, 3.63) is 18.0 Å². The summed E-state index contributed by atoms with van der Waals surface area (Å²) in [5, 5.41) is 11.9. The quantitative estimate of drug-likeness (QED) is 0.798. The van der Waals surface area contributed by atoms with E-state index in [2.05, 4.69) is 15.3 Å². The summed E-state index contributed by atoms with van der Waals surface area (Å²) in [6, 6.07) is 1.47. The van der Waals surface area contributed by atoms with Crippen LogP contribution < -0.4 is 5.32 Å². The van der Waals surface area contributed by atoms with E-state index in [4.69, 9.17) is 5.11 Å². The minimum absolute atomic E-state index is 0.00535. The van der Waals surface area contributed by atoms with E-state index in [1.807, 2.05) is 20.8 Å². The Morgan fingerprint density at radius 3 is 2.75 bits per heavy atom. The molecule has 0 aromatic carbocycles. The Labute approximate surface area is 94.9 Å². The molecule has 0 aliphatic heterocycles. The maximum atomic E-state index is 11.5. The van der Waals surface area contributed by atoms with Gasteiger partial charge in [0.1, 0.15) is 0 Å². The number of hydrogen-bond donors (Lipinski definition) is 2. The van der Waals surface area contributed by atoms with Gasteiger partial charge in [0.05, 0.1) is 0 Å². The second-order valence-electron chi connectivity index (χ2n) is 4.60. The number of rotatable bonds is 3. The van der Waals surface area contributed by atoms with E-state index in [0.29, 0.717) is 18.7 Å². The maximum absolute atomic E-state index is 11.5. The summed E-state index contributed by atoms with van der Waals surface area (Å²) >= 11 is 0. The van der Waals surface area contributed by atoms with Crippen molar-refractivity contribution in [2.24, 2.45) is 5.41 Å². The molecule has 0 bridgehead atoms. The number of nitrogens with zero attached hydrogens (tertiary/aromatic N) is 2. The number of aromatic hydroxyl groups is 1. The lowest BCUT2D eigenvalue weighted by atomic mass is 9.96. The lowest BCUT2D eigenvalue weighted by molar-refractivity contribution is -0.128. The molecule has 0 fully saturated rings. The van der Waals surface area contributed by atoms with Crippen LogP contribution in [0.5, 0.6) is 6.01 Å². The van der Waals surface area contributed by atoms with E-state index >= 15 is 0 Å². The van der Waals surface area contributed by atoms with E-state index < -0.39 is 0 Å². The fourth-order valence-corrected chi connectivity index (χ4v) is 1.09. The molecule has 1 heterocycles. The van der Waals surface area contributed by atoms with Crippen molar-refractivity contribution in [3.8, 4) is 6.01 Å². The second kappa shape index (κ2) is 4.92. The van der Waals surface area contributed by atoms with Gasteiger partial charge in [-0.05, 0) is 6.07 Å². The van der Waals surface area contributed by atoms with Crippen LogP contribution in [0.2, 0.25) is 0 Å². The number of amides is 1. The molecular formula is C11H17N3O2. The van der Waals surface area contributed by atoms with Gasteiger partial charge in [-0.25, -0.2) is 9.97 Å². The normalized spacial score (nSPS) is 11.2. The van der Waals surface area contributed by atoms with Crippen LogP contribution in [0.25, 0.3) is 0 Å². The molecule has 1 amide bonds. The number of hydrogen-bond acceptors (Lipinski definition) is 4. The summed E-state index contributed by atoms with van der Waals surface area (Å²) in [5.41, 5.74) is 0.329. The Kier molecular flexibility index (Phi) is 3.82. The molecule has 0 saturated carbocycles. The fraction of sp³-hybridized carbons (Fsp3) is 0.545. The minimum Gasteiger partial charge on any atom is -0.479 e. The van der Waals surface area contributed by atoms with Crippen LogP contribution in [0.1, 0.15) is 26.5 Å². The molecule has 2 N–H and O–H groups in total.